The molecule has 0 saturated heterocycles. The largest absolute Gasteiger partial charge is 0.494 e. The van der Waals surface area contributed by atoms with Crippen molar-refractivity contribution in [3.05, 3.63) is 99.5 Å². The fourth-order valence-electron chi connectivity index (χ4n) is 4.06. The number of amides is 1. The second-order valence-electron chi connectivity index (χ2n) is 8.49. The minimum absolute atomic E-state index is 0.0483. The summed E-state index contributed by atoms with van der Waals surface area (Å²) in [4.78, 5) is 12.8. The topological polar surface area (TPSA) is 80.6 Å². The number of methoxy groups -OCH3 is 1. The van der Waals surface area contributed by atoms with Crippen LogP contribution in [0.15, 0.2) is 82.8 Å². The molecule has 38 heavy (non-hydrogen) atoms. The number of carbonyl (C=O) groups is 1. The van der Waals surface area contributed by atoms with Crippen LogP contribution in [0.25, 0.3) is 16.8 Å². The zero-order valence-corrected chi connectivity index (χ0v) is 23.0. The highest BCUT2D eigenvalue weighted by Crippen LogP contribution is 2.38. The summed E-state index contributed by atoms with van der Waals surface area (Å²) < 4.78 is 17.9. The molecule has 0 bridgehead atoms. The average Bonchev–Trinajstić information content (AvgIpc) is 2.92. The summed E-state index contributed by atoms with van der Waals surface area (Å²) in [6.45, 7) is 4.87. The fourth-order valence-corrected chi connectivity index (χ4v) is 4.63. The van der Waals surface area contributed by atoms with Gasteiger partial charge in [-0.1, -0.05) is 36.4 Å². The van der Waals surface area contributed by atoms with Gasteiger partial charge >= 0.3 is 0 Å². The van der Waals surface area contributed by atoms with Gasteiger partial charge in [0.05, 0.1) is 18.2 Å². The lowest BCUT2D eigenvalue weighted by atomic mass is 10.0. The lowest BCUT2D eigenvalue weighted by molar-refractivity contribution is -0.112. The van der Waals surface area contributed by atoms with Gasteiger partial charge in [-0.15, -0.1) is 0 Å². The third-order valence-corrected chi connectivity index (χ3v) is 6.58. The third-order valence-electron chi connectivity index (χ3n) is 5.99. The Hall–Kier alpha value is -4.28. The van der Waals surface area contributed by atoms with Crippen molar-refractivity contribution < 1.29 is 19.0 Å². The Morgan fingerprint density at radius 3 is 2.53 bits per heavy atom. The number of rotatable bonds is 9. The SMILES string of the molecule is CCOc1ccc(NC(=O)/C(C#N)=C/c2cc(Br)c(OCc3c(C)ccc4ccccc34)c(OC)c2)cc1. The number of fused-ring (bicyclic) bond motifs is 1. The van der Waals surface area contributed by atoms with E-state index in [-0.39, 0.29) is 5.57 Å². The van der Waals surface area contributed by atoms with Crippen LogP contribution in [0.2, 0.25) is 0 Å². The van der Waals surface area contributed by atoms with Crippen LogP contribution in [0, 0.1) is 18.3 Å². The van der Waals surface area contributed by atoms with Gasteiger partial charge in [0.15, 0.2) is 11.5 Å². The average molecular weight is 571 g/mol. The van der Waals surface area contributed by atoms with E-state index >= 15 is 0 Å². The predicted molar refractivity (Wildman–Crippen MR) is 154 cm³/mol. The first-order valence-corrected chi connectivity index (χ1v) is 12.9. The molecule has 1 amide bonds. The summed E-state index contributed by atoms with van der Waals surface area (Å²) in [6, 6.07) is 24.9. The number of hydrogen-bond donors (Lipinski definition) is 1. The van der Waals surface area contributed by atoms with Crippen LogP contribution >= 0.6 is 15.9 Å². The number of aryl methyl sites for hydroxylation is 1. The smallest absolute Gasteiger partial charge is 0.266 e. The molecule has 0 aliphatic rings. The lowest BCUT2D eigenvalue weighted by Gasteiger charge is -2.16. The molecule has 1 N–H and O–H groups in total. The molecule has 4 rings (SSSR count). The number of carbonyl (C=O) groups excluding carboxylic acids is 1. The number of halogens is 1. The van der Waals surface area contributed by atoms with Crippen molar-refractivity contribution >= 4 is 44.4 Å². The van der Waals surface area contributed by atoms with Crippen LogP contribution in [-0.4, -0.2) is 19.6 Å². The summed E-state index contributed by atoms with van der Waals surface area (Å²) in [6.07, 6.45) is 1.51. The summed E-state index contributed by atoms with van der Waals surface area (Å²) in [5.74, 6) is 1.21. The number of ether oxygens (including phenoxy) is 3. The minimum atomic E-state index is -0.515. The maximum atomic E-state index is 12.8. The Bertz CT molecular complexity index is 1540. The van der Waals surface area contributed by atoms with Crippen LogP contribution in [-0.2, 0) is 11.4 Å². The van der Waals surface area contributed by atoms with Gasteiger partial charge in [0.2, 0.25) is 0 Å². The van der Waals surface area contributed by atoms with E-state index in [0.717, 1.165) is 21.9 Å². The van der Waals surface area contributed by atoms with Gasteiger partial charge < -0.3 is 19.5 Å². The van der Waals surface area contributed by atoms with Crippen molar-refractivity contribution in [2.24, 2.45) is 0 Å². The molecule has 0 saturated carbocycles. The molecule has 6 nitrogen and oxygen atoms in total. The maximum Gasteiger partial charge on any atom is 0.266 e. The molecule has 7 heteroatoms. The van der Waals surface area contributed by atoms with E-state index in [2.05, 4.69) is 52.4 Å². The van der Waals surface area contributed by atoms with Crippen LogP contribution in [0.3, 0.4) is 0 Å². The summed E-state index contributed by atoms with van der Waals surface area (Å²) in [7, 11) is 1.55. The van der Waals surface area contributed by atoms with Crippen molar-refractivity contribution in [3.8, 4) is 23.3 Å². The second kappa shape index (κ2) is 12.3. The Morgan fingerprint density at radius 1 is 1.05 bits per heavy atom. The number of anilines is 1. The van der Waals surface area contributed by atoms with Gasteiger partial charge in [0, 0.05) is 11.3 Å². The van der Waals surface area contributed by atoms with Crippen LogP contribution in [0.4, 0.5) is 5.69 Å². The zero-order chi connectivity index (χ0) is 27.1. The molecular weight excluding hydrogens is 544 g/mol. The normalized spacial score (nSPS) is 11.1. The van der Waals surface area contributed by atoms with Crippen LogP contribution < -0.4 is 19.5 Å². The van der Waals surface area contributed by atoms with Gasteiger partial charge in [-0.25, -0.2) is 0 Å². The summed E-state index contributed by atoms with van der Waals surface area (Å²) >= 11 is 3.57. The zero-order valence-electron chi connectivity index (χ0n) is 21.4. The monoisotopic (exact) mass is 570 g/mol. The predicted octanol–water partition coefficient (Wildman–Crippen LogP) is 7.44. The molecule has 0 radical (unpaired) electrons. The van der Waals surface area contributed by atoms with E-state index in [4.69, 9.17) is 14.2 Å². The number of nitrogens with zero attached hydrogens (tertiary/aromatic N) is 1. The molecule has 0 atom stereocenters. The number of nitrogens with one attached hydrogen (secondary N) is 1. The molecule has 0 aliphatic heterocycles. The molecule has 4 aromatic carbocycles. The third kappa shape index (κ3) is 6.16. The molecule has 192 valence electrons. The van der Waals surface area contributed by atoms with Gasteiger partial charge in [0.25, 0.3) is 5.91 Å². The van der Waals surface area contributed by atoms with Gasteiger partial charge in [-0.2, -0.15) is 5.26 Å². The summed E-state index contributed by atoms with van der Waals surface area (Å²) in [5, 5.41) is 14.7. The molecule has 0 aromatic heterocycles. The highest BCUT2D eigenvalue weighted by atomic mass is 79.9. The maximum absolute atomic E-state index is 12.8. The number of nitriles is 1. The molecule has 0 unspecified atom stereocenters. The molecule has 0 heterocycles. The Balaban J connectivity index is 1.55. The number of hydrogen-bond acceptors (Lipinski definition) is 5. The Morgan fingerprint density at radius 2 is 1.82 bits per heavy atom. The first kappa shape index (κ1) is 26.8. The second-order valence-corrected chi connectivity index (χ2v) is 9.34. The quantitative estimate of drug-likeness (QED) is 0.167. The summed E-state index contributed by atoms with van der Waals surface area (Å²) in [5.41, 5.74) is 3.36. The van der Waals surface area contributed by atoms with Crippen LogP contribution in [0.1, 0.15) is 23.6 Å². The Kier molecular flexibility index (Phi) is 8.67. The van der Waals surface area contributed by atoms with Crippen LogP contribution in [0.5, 0.6) is 17.2 Å². The first-order chi connectivity index (χ1) is 18.4. The van der Waals surface area contributed by atoms with Crippen molar-refractivity contribution in [2.45, 2.75) is 20.5 Å². The highest BCUT2D eigenvalue weighted by Gasteiger charge is 2.15. The number of benzene rings is 4. The van der Waals surface area contributed by atoms with Gasteiger partial charge in [0.1, 0.15) is 24.0 Å². The molecule has 4 aromatic rings. The van der Waals surface area contributed by atoms with E-state index in [1.54, 1.807) is 43.5 Å². The Labute approximate surface area is 230 Å². The van der Waals surface area contributed by atoms with Crippen molar-refractivity contribution in [1.82, 2.24) is 0 Å². The lowest BCUT2D eigenvalue weighted by Crippen LogP contribution is -2.13. The van der Waals surface area contributed by atoms with Gasteiger partial charge in [-0.05, 0) is 94.2 Å². The van der Waals surface area contributed by atoms with E-state index in [0.29, 0.717) is 46.2 Å². The van der Waals surface area contributed by atoms with Crippen molar-refractivity contribution in [3.63, 3.8) is 0 Å². The minimum Gasteiger partial charge on any atom is -0.494 e. The van der Waals surface area contributed by atoms with Gasteiger partial charge in [-0.3, -0.25) is 4.79 Å². The van der Waals surface area contributed by atoms with Crippen molar-refractivity contribution in [1.29, 1.82) is 5.26 Å². The van der Waals surface area contributed by atoms with E-state index in [1.807, 2.05) is 25.1 Å². The molecule has 0 spiro atoms. The van der Waals surface area contributed by atoms with E-state index in [9.17, 15) is 10.1 Å². The van der Waals surface area contributed by atoms with Crippen molar-refractivity contribution in [2.75, 3.05) is 19.0 Å². The van der Waals surface area contributed by atoms with E-state index in [1.165, 1.54) is 6.08 Å². The van der Waals surface area contributed by atoms with E-state index < -0.39 is 5.91 Å². The molecule has 0 aliphatic carbocycles. The highest BCUT2D eigenvalue weighted by molar-refractivity contribution is 9.10. The molecule has 0 fully saturated rings. The fraction of sp³-hybridized carbons (Fsp3) is 0.161. The first-order valence-electron chi connectivity index (χ1n) is 12.1. The standard InChI is InChI=1S/C31H27BrN2O4/c1-4-37-25-13-11-24(12-14-25)34-31(35)23(18-33)15-21-16-28(32)30(29(17-21)36-3)38-19-27-20(2)9-10-22-7-5-6-8-26(22)27/h5-17H,4,19H2,1-3H3,(H,34,35)/b23-15+. The molecular formula is C31H27BrN2O4.